The van der Waals surface area contributed by atoms with Crippen LogP contribution in [0.25, 0.3) is 0 Å². The molecule has 0 radical (unpaired) electrons. The molecule has 1 amide bonds. The zero-order valence-electron chi connectivity index (χ0n) is 10.1. The first-order valence-electron chi connectivity index (χ1n) is 6.72. The van der Waals surface area contributed by atoms with Gasteiger partial charge in [-0.25, -0.2) is 0 Å². The molecule has 0 aromatic rings. The average Bonchev–Trinajstić information content (AvgIpc) is 2.67. The van der Waals surface area contributed by atoms with E-state index in [1.165, 1.54) is 19.3 Å². The SMILES string of the molecule is CCCC1(N)CN(C(=O)C2C3CCCC32)C1. The number of amides is 1. The summed E-state index contributed by atoms with van der Waals surface area (Å²) in [6, 6.07) is 0. The molecule has 0 aromatic heterocycles. The van der Waals surface area contributed by atoms with Gasteiger partial charge in [0.05, 0.1) is 5.54 Å². The van der Waals surface area contributed by atoms with Crippen molar-refractivity contribution >= 4 is 5.91 Å². The predicted molar refractivity (Wildman–Crippen MR) is 62.7 cm³/mol. The van der Waals surface area contributed by atoms with Gasteiger partial charge in [-0.15, -0.1) is 0 Å². The second-order valence-corrected chi connectivity index (χ2v) is 6.09. The molecular weight excluding hydrogens is 200 g/mol. The van der Waals surface area contributed by atoms with Gasteiger partial charge in [-0.3, -0.25) is 4.79 Å². The predicted octanol–water partition coefficient (Wildman–Crippen LogP) is 1.37. The normalized spacial score (nSPS) is 39.1. The molecule has 1 heterocycles. The molecule has 3 aliphatic rings. The molecule has 2 saturated carbocycles. The Balaban J connectivity index is 1.52. The van der Waals surface area contributed by atoms with Crippen LogP contribution >= 0.6 is 0 Å². The fourth-order valence-corrected chi connectivity index (χ4v) is 3.92. The van der Waals surface area contributed by atoms with Crippen LogP contribution in [-0.2, 0) is 4.79 Å². The second-order valence-electron chi connectivity index (χ2n) is 6.09. The van der Waals surface area contributed by atoms with Crippen LogP contribution in [-0.4, -0.2) is 29.4 Å². The third-order valence-corrected chi connectivity index (χ3v) is 4.76. The largest absolute Gasteiger partial charge is 0.339 e. The third kappa shape index (κ3) is 1.48. The van der Waals surface area contributed by atoms with Crippen molar-refractivity contribution in [3.05, 3.63) is 0 Å². The Hall–Kier alpha value is -0.570. The summed E-state index contributed by atoms with van der Waals surface area (Å²) in [5.41, 5.74) is 6.12. The molecule has 1 saturated heterocycles. The molecule has 0 spiro atoms. The summed E-state index contributed by atoms with van der Waals surface area (Å²) in [6.45, 7) is 3.76. The van der Waals surface area contributed by atoms with Gasteiger partial charge in [-0.1, -0.05) is 19.8 Å². The van der Waals surface area contributed by atoms with Gasteiger partial charge < -0.3 is 10.6 Å². The van der Waals surface area contributed by atoms with Crippen LogP contribution in [0.2, 0.25) is 0 Å². The average molecular weight is 222 g/mol. The first-order chi connectivity index (χ1) is 7.64. The number of carbonyl (C=O) groups excluding carboxylic acids is 1. The Morgan fingerprint density at radius 2 is 2.00 bits per heavy atom. The van der Waals surface area contributed by atoms with Crippen LogP contribution in [0.4, 0.5) is 0 Å². The lowest BCUT2D eigenvalue weighted by atomic mass is 9.86. The molecule has 0 bridgehead atoms. The van der Waals surface area contributed by atoms with Crippen molar-refractivity contribution in [1.29, 1.82) is 0 Å². The molecule has 3 fully saturated rings. The number of likely N-dealkylation sites (tertiary alicyclic amines) is 1. The smallest absolute Gasteiger partial charge is 0.226 e. The van der Waals surface area contributed by atoms with Crippen molar-refractivity contribution in [1.82, 2.24) is 4.90 Å². The van der Waals surface area contributed by atoms with Crippen LogP contribution in [0.5, 0.6) is 0 Å². The maximum Gasteiger partial charge on any atom is 0.226 e. The van der Waals surface area contributed by atoms with E-state index in [1.54, 1.807) is 0 Å². The number of nitrogens with two attached hydrogens (primary N) is 1. The number of nitrogens with zero attached hydrogens (tertiary/aromatic N) is 1. The Morgan fingerprint density at radius 3 is 2.56 bits per heavy atom. The number of rotatable bonds is 3. The summed E-state index contributed by atoms with van der Waals surface area (Å²) >= 11 is 0. The van der Waals surface area contributed by atoms with Gasteiger partial charge in [0.25, 0.3) is 0 Å². The van der Waals surface area contributed by atoms with Crippen molar-refractivity contribution in [2.45, 2.75) is 44.6 Å². The summed E-state index contributed by atoms with van der Waals surface area (Å²) in [5.74, 6) is 2.28. The van der Waals surface area contributed by atoms with Gasteiger partial charge in [0.2, 0.25) is 5.91 Å². The highest BCUT2D eigenvalue weighted by atomic mass is 16.2. The van der Waals surface area contributed by atoms with Crippen molar-refractivity contribution in [2.24, 2.45) is 23.5 Å². The number of fused-ring (bicyclic) bond motifs is 1. The van der Waals surface area contributed by atoms with Crippen molar-refractivity contribution in [2.75, 3.05) is 13.1 Å². The van der Waals surface area contributed by atoms with E-state index in [0.717, 1.165) is 37.8 Å². The highest BCUT2D eigenvalue weighted by molar-refractivity contribution is 5.83. The molecule has 3 rings (SSSR count). The minimum atomic E-state index is -0.0611. The van der Waals surface area contributed by atoms with Gasteiger partial charge in [0, 0.05) is 19.0 Å². The monoisotopic (exact) mass is 222 g/mol. The maximum absolute atomic E-state index is 12.2. The number of hydrogen-bond donors (Lipinski definition) is 1. The molecule has 1 aliphatic heterocycles. The van der Waals surface area contributed by atoms with Crippen LogP contribution < -0.4 is 5.73 Å². The minimum Gasteiger partial charge on any atom is -0.339 e. The molecule has 16 heavy (non-hydrogen) atoms. The topological polar surface area (TPSA) is 46.3 Å². The van der Waals surface area contributed by atoms with E-state index in [2.05, 4.69) is 6.92 Å². The summed E-state index contributed by atoms with van der Waals surface area (Å²) in [6.07, 6.45) is 6.09. The molecule has 2 atom stereocenters. The highest BCUT2D eigenvalue weighted by Gasteiger charge is 2.59. The van der Waals surface area contributed by atoms with Crippen molar-refractivity contribution in [3.63, 3.8) is 0 Å². The van der Waals surface area contributed by atoms with Gasteiger partial charge in [-0.05, 0) is 31.1 Å². The van der Waals surface area contributed by atoms with E-state index >= 15 is 0 Å². The summed E-state index contributed by atoms with van der Waals surface area (Å²) in [7, 11) is 0. The molecular formula is C13H22N2O. The molecule has 90 valence electrons. The van der Waals surface area contributed by atoms with E-state index in [1.807, 2.05) is 4.90 Å². The van der Waals surface area contributed by atoms with Crippen LogP contribution in [0.1, 0.15) is 39.0 Å². The summed E-state index contributed by atoms with van der Waals surface area (Å²) in [4.78, 5) is 14.2. The zero-order valence-corrected chi connectivity index (χ0v) is 10.1. The van der Waals surface area contributed by atoms with Crippen LogP contribution in [0, 0.1) is 17.8 Å². The molecule has 2 N–H and O–H groups in total. The minimum absolute atomic E-state index is 0.0611. The standard InChI is InChI=1S/C13H22N2O/c1-2-6-13(14)7-15(8-13)12(16)11-9-4-3-5-10(9)11/h9-11H,2-8,14H2,1H3. The van der Waals surface area contributed by atoms with Gasteiger partial charge in [-0.2, -0.15) is 0 Å². The molecule has 2 unspecified atom stereocenters. The Bertz CT molecular complexity index is 299. The van der Waals surface area contributed by atoms with Gasteiger partial charge >= 0.3 is 0 Å². The maximum atomic E-state index is 12.2. The van der Waals surface area contributed by atoms with Gasteiger partial charge in [0.15, 0.2) is 0 Å². The lowest BCUT2D eigenvalue weighted by Gasteiger charge is -2.48. The molecule has 3 nitrogen and oxygen atoms in total. The highest BCUT2D eigenvalue weighted by Crippen LogP contribution is 2.58. The zero-order chi connectivity index (χ0) is 11.3. The fourth-order valence-electron chi connectivity index (χ4n) is 3.92. The number of carbonyl (C=O) groups is 1. The summed E-state index contributed by atoms with van der Waals surface area (Å²) in [5, 5.41) is 0. The van der Waals surface area contributed by atoms with E-state index in [-0.39, 0.29) is 5.54 Å². The quantitative estimate of drug-likeness (QED) is 0.784. The molecule has 2 aliphatic carbocycles. The first kappa shape index (κ1) is 10.6. The van der Waals surface area contributed by atoms with Crippen molar-refractivity contribution < 1.29 is 4.79 Å². The summed E-state index contributed by atoms with van der Waals surface area (Å²) < 4.78 is 0. The van der Waals surface area contributed by atoms with Crippen LogP contribution in [0.15, 0.2) is 0 Å². The second kappa shape index (κ2) is 3.46. The molecule has 0 aromatic carbocycles. The fraction of sp³-hybridized carbons (Fsp3) is 0.923. The van der Waals surface area contributed by atoms with E-state index in [4.69, 9.17) is 5.73 Å². The number of hydrogen-bond acceptors (Lipinski definition) is 2. The lowest BCUT2D eigenvalue weighted by molar-refractivity contribution is -0.141. The van der Waals surface area contributed by atoms with E-state index in [9.17, 15) is 4.79 Å². The van der Waals surface area contributed by atoms with E-state index in [0.29, 0.717) is 11.8 Å². The lowest BCUT2D eigenvalue weighted by Crippen LogP contribution is -2.68. The Labute approximate surface area is 97.4 Å². The molecule has 3 heteroatoms. The van der Waals surface area contributed by atoms with E-state index < -0.39 is 0 Å². The van der Waals surface area contributed by atoms with Crippen molar-refractivity contribution in [3.8, 4) is 0 Å². The third-order valence-electron chi connectivity index (χ3n) is 4.76. The Morgan fingerprint density at radius 1 is 1.38 bits per heavy atom. The van der Waals surface area contributed by atoms with Gasteiger partial charge in [0.1, 0.15) is 0 Å². The first-order valence-corrected chi connectivity index (χ1v) is 6.72. The Kier molecular flexibility index (Phi) is 2.29. The van der Waals surface area contributed by atoms with Crippen LogP contribution in [0.3, 0.4) is 0 Å².